The molecule has 0 saturated carbocycles. The minimum atomic E-state index is -0.185. The number of thiophene rings is 1. The van der Waals surface area contributed by atoms with Crippen molar-refractivity contribution in [3.63, 3.8) is 0 Å². The number of amides is 1. The highest BCUT2D eigenvalue weighted by atomic mass is 35.5. The first-order valence-electron chi connectivity index (χ1n) is 5.02. The molecule has 3 N–H and O–H groups in total. The second kappa shape index (κ2) is 5.48. The van der Waals surface area contributed by atoms with Crippen molar-refractivity contribution in [2.75, 3.05) is 5.32 Å². The fourth-order valence-electron chi connectivity index (χ4n) is 1.36. The summed E-state index contributed by atoms with van der Waals surface area (Å²) in [7, 11) is 0. The van der Waals surface area contributed by atoms with E-state index in [-0.39, 0.29) is 10.9 Å². The van der Waals surface area contributed by atoms with Crippen molar-refractivity contribution in [1.82, 2.24) is 0 Å². The molecule has 0 radical (unpaired) electrons. The molecule has 0 bridgehead atoms. The average Bonchev–Trinajstić information content (AvgIpc) is 2.85. The molecule has 2 aromatic rings. The number of carbonyl (C=O) groups excluding carboxylic acids is 1. The SMILES string of the molecule is NC(=S)c1ccc(NC(=O)c2cccs2)c(Cl)c1. The van der Waals surface area contributed by atoms with Crippen LogP contribution in [-0.4, -0.2) is 10.9 Å². The minimum absolute atomic E-state index is 0.185. The Hall–Kier alpha value is -1.43. The van der Waals surface area contributed by atoms with Gasteiger partial charge in [0.2, 0.25) is 0 Å². The summed E-state index contributed by atoms with van der Waals surface area (Å²) >= 11 is 12.3. The van der Waals surface area contributed by atoms with Crippen LogP contribution in [0.5, 0.6) is 0 Å². The maximum absolute atomic E-state index is 11.8. The van der Waals surface area contributed by atoms with Crippen molar-refractivity contribution >= 4 is 51.7 Å². The zero-order valence-electron chi connectivity index (χ0n) is 9.14. The van der Waals surface area contributed by atoms with Gasteiger partial charge < -0.3 is 11.1 Å². The Kier molecular flexibility index (Phi) is 3.96. The lowest BCUT2D eigenvalue weighted by Crippen LogP contribution is -2.12. The molecule has 2 rings (SSSR count). The summed E-state index contributed by atoms with van der Waals surface area (Å²) in [6.07, 6.45) is 0. The number of hydrogen-bond acceptors (Lipinski definition) is 3. The monoisotopic (exact) mass is 296 g/mol. The summed E-state index contributed by atoms with van der Waals surface area (Å²) in [4.78, 5) is 12.7. The lowest BCUT2D eigenvalue weighted by Gasteiger charge is -2.07. The van der Waals surface area contributed by atoms with Crippen molar-refractivity contribution in [3.05, 3.63) is 51.2 Å². The van der Waals surface area contributed by atoms with Crippen molar-refractivity contribution in [2.24, 2.45) is 5.73 Å². The molecule has 0 atom stereocenters. The van der Waals surface area contributed by atoms with Crippen LogP contribution in [0.25, 0.3) is 0 Å². The molecule has 1 aromatic carbocycles. The van der Waals surface area contributed by atoms with E-state index in [2.05, 4.69) is 5.32 Å². The van der Waals surface area contributed by atoms with Gasteiger partial charge in [-0.25, -0.2) is 0 Å². The van der Waals surface area contributed by atoms with E-state index in [9.17, 15) is 4.79 Å². The van der Waals surface area contributed by atoms with E-state index in [0.29, 0.717) is 21.2 Å². The van der Waals surface area contributed by atoms with Gasteiger partial charge in [0.1, 0.15) is 4.99 Å². The molecular formula is C12H9ClN2OS2. The van der Waals surface area contributed by atoms with E-state index >= 15 is 0 Å². The average molecular weight is 297 g/mol. The van der Waals surface area contributed by atoms with Gasteiger partial charge in [-0.1, -0.05) is 29.9 Å². The Morgan fingerprint density at radius 2 is 2.17 bits per heavy atom. The second-order valence-electron chi connectivity index (χ2n) is 3.49. The zero-order chi connectivity index (χ0) is 13.1. The fourth-order valence-corrected chi connectivity index (χ4v) is 2.34. The quantitative estimate of drug-likeness (QED) is 0.855. The number of anilines is 1. The normalized spacial score (nSPS) is 10.1. The molecular weight excluding hydrogens is 288 g/mol. The topological polar surface area (TPSA) is 55.1 Å². The van der Waals surface area contributed by atoms with Gasteiger partial charge in [-0.2, -0.15) is 0 Å². The number of benzene rings is 1. The van der Waals surface area contributed by atoms with Crippen LogP contribution in [0.3, 0.4) is 0 Å². The summed E-state index contributed by atoms with van der Waals surface area (Å²) in [6, 6.07) is 8.60. The Bertz CT molecular complexity index is 596. The molecule has 18 heavy (non-hydrogen) atoms. The van der Waals surface area contributed by atoms with Crippen molar-refractivity contribution in [1.29, 1.82) is 0 Å². The van der Waals surface area contributed by atoms with Crippen molar-refractivity contribution in [3.8, 4) is 0 Å². The predicted molar refractivity (Wildman–Crippen MR) is 79.6 cm³/mol. The summed E-state index contributed by atoms with van der Waals surface area (Å²) < 4.78 is 0. The standard InChI is InChI=1S/C12H9ClN2OS2/c13-8-6-7(11(14)17)3-4-9(8)15-12(16)10-2-1-5-18-10/h1-6H,(H2,14,17)(H,15,16). The molecule has 0 spiro atoms. The van der Waals surface area contributed by atoms with Crippen LogP contribution in [0.15, 0.2) is 35.7 Å². The highest BCUT2D eigenvalue weighted by Crippen LogP contribution is 2.24. The van der Waals surface area contributed by atoms with Gasteiger partial charge in [-0.3, -0.25) is 4.79 Å². The van der Waals surface area contributed by atoms with Crippen LogP contribution in [0, 0.1) is 0 Å². The third-order valence-electron chi connectivity index (χ3n) is 2.25. The van der Waals surface area contributed by atoms with E-state index < -0.39 is 0 Å². The molecule has 0 saturated heterocycles. The fraction of sp³-hybridized carbons (Fsp3) is 0. The summed E-state index contributed by atoms with van der Waals surface area (Å²) in [6.45, 7) is 0. The molecule has 0 aliphatic heterocycles. The Morgan fingerprint density at radius 3 is 2.72 bits per heavy atom. The van der Waals surface area contributed by atoms with Crippen LogP contribution in [0.2, 0.25) is 5.02 Å². The van der Waals surface area contributed by atoms with Crippen molar-refractivity contribution in [2.45, 2.75) is 0 Å². The number of halogens is 1. The van der Waals surface area contributed by atoms with Gasteiger partial charge >= 0.3 is 0 Å². The molecule has 1 aromatic heterocycles. The van der Waals surface area contributed by atoms with Crippen LogP contribution in [-0.2, 0) is 0 Å². The summed E-state index contributed by atoms with van der Waals surface area (Å²) in [5.74, 6) is -0.185. The van der Waals surface area contributed by atoms with Crippen molar-refractivity contribution < 1.29 is 4.79 Å². The summed E-state index contributed by atoms with van der Waals surface area (Å²) in [5, 5.41) is 4.98. The second-order valence-corrected chi connectivity index (χ2v) is 5.29. The molecule has 1 heterocycles. The lowest BCUT2D eigenvalue weighted by atomic mass is 10.2. The largest absolute Gasteiger partial charge is 0.389 e. The van der Waals surface area contributed by atoms with E-state index in [1.54, 1.807) is 24.3 Å². The predicted octanol–water partition coefficient (Wildman–Crippen LogP) is 3.29. The van der Waals surface area contributed by atoms with Gasteiger partial charge in [0.05, 0.1) is 15.6 Å². The van der Waals surface area contributed by atoms with Gasteiger partial charge in [0.25, 0.3) is 5.91 Å². The summed E-state index contributed by atoms with van der Waals surface area (Å²) in [5.41, 5.74) is 6.71. The number of rotatable bonds is 3. The number of thiocarbonyl (C=S) groups is 1. The van der Waals surface area contributed by atoms with Crippen LogP contribution in [0.4, 0.5) is 5.69 Å². The molecule has 1 amide bonds. The Morgan fingerprint density at radius 1 is 1.39 bits per heavy atom. The van der Waals surface area contributed by atoms with E-state index in [4.69, 9.17) is 29.6 Å². The molecule has 6 heteroatoms. The molecule has 0 unspecified atom stereocenters. The molecule has 3 nitrogen and oxygen atoms in total. The molecule has 92 valence electrons. The molecule has 0 fully saturated rings. The molecule has 0 aliphatic carbocycles. The first-order chi connectivity index (χ1) is 8.58. The maximum Gasteiger partial charge on any atom is 0.265 e. The van der Waals surface area contributed by atoms with E-state index in [0.717, 1.165) is 0 Å². The minimum Gasteiger partial charge on any atom is -0.389 e. The van der Waals surface area contributed by atoms with Gasteiger partial charge in [0, 0.05) is 5.56 Å². The highest BCUT2D eigenvalue weighted by molar-refractivity contribution is 7.80. The Labute approximate surface area is 119 Å². The number of nitrogens with two attached hydrogens (primary N) is 1. The van der Waals surface area contributed by atoms with Gasteiger partial charge in [0.15, 0.2) is 0 Å². The van der Waals surface area contributed by atoms with E-state index in [1.165, 1.54) is 11.3 Å². The number of carbonyl (C=O) groups is 1. The lowest BCUT2D eigenvalue weighted by molar-refractivity contribution is 0.103. The Balaban J connectivity index is 2.20. The highest BCUT2D eigenvalue weighted by Gasteiger charge is 2.10. The molecule has 0 aliphatic rings. The maximum atomic E-state index is 11.8. The first kappa shape index (κ1) is 13.0. The third kappa shape index (κ3) is 2.87. The van der Waals surface area contributed by atoms with Crippen LogP contribution in [0.1, 0.15) is 15.2 Å². The smallest absolute Gasteiger partial charge is 0.265 e. The number of hydrogen-bond donors (Lipinski definition) is 2. The van der Waals surface area contributed by atoms with Gasteiger partial charge in [-0.15, -0.1) is 11.3 Å². The van der Waals surface area contributed by atoms with Crippen LogP contribution >= 0.6 is 35.2 Å². The van der Waals surface area contributed by atoms with E-state index in [1.807, 2.05) is 11.4 Å². The first-order valence-corrected chi connectivity index (χ1v) is 6.68. The third-order valence-corrected chi connectivity index (χ3v) is 3.66. The number of nitrogens with one attached hydrogen (secondary N) is 1. The van der Waals surface area contributed by atoms with Gasteiger partial charge in [-0.05, 0) is 29.6 Å². The van der Waals surface area contributed by atoms with Crippen LogP contribution < -0.4 is 11.1 Å². The zero-order valence-corrected chi connectivity index (χ0v) is 11.5.